The molecule has 7 nitrogen and oxygen atoms in total. The van der Waals surface area contributed by atoms with E-state index in [1.807, 2.05) is 56.0 Å². The number of carbonyl (C=O) groups is 1. The number of nitrogens with zero attached hydrogens (tertiary/aromatic N) is 2. The standard InChI is InChI=1S/C26H37N3O4/c1-19(2)33-24-11-8-22(18-25(24)32-5)20(3)27-26(30)29-16-14-28(15-17-29)13-12-21-6-9-23(31-4)10-7-21/h6-11,18-20H,12-17H2,1-5H3,(H,27,30). The van der Waals surface area contributed by atoms with Crippen LogP contribution in [0.2, 0.25) is 0 Å². The number of hydrogen-bond donors (Lipinski definition) is 1. The van der Waals surface area contributed by atoms with Crippen molar-refractivity contribution in [3.05, 3.63) is 53.6 Å². The second kappa shape index (κ2) is 11.8. The smallest absolute Gasteiger partial charge is 0.317 e. The number of nitrogens with one attached hydrogen (secondary N) is 1. The van der Waals surface area contributed by atoms with Crippen molar-refractivity contribution < 1.29 is 19.0 Å². The lowest BCUT2D eigenvalue weighted by Crippen LogP contribution is -2.52. The Morgan fingerprint density at radius 1 is 0.939 bits per heavy atom. The van der Waals surface area contributed by atoms with Gasteiger partial charge in [0.15, 0.2) is 11.5 Å². The summed E-state index contributed by atoms with van der Waals surface area (Å²) >= 11 is 0. The lowest BCUT2D eigenvalue weighted by molar-refractivity contribution is 0.138. The Morgan fingerprint density at radius 3 is 2.24 bits per heavy atom. The monoisotopic (exact) mass is 455 g/mol. The van der Waals surface area contributed by atoms with E-state index >= 15 is 0 Å². The normalized spacial score (nSPS) is 15.3. The van der Waals surface area contributed by atoms with Gasteiger partial charge in [-0.1, -0.05) is 18.2 Å². The fraction of sp³-hybridized carbons (Fsp3) is 0.500. The van der Waals surface area contributed by atoms with E-state index < -0.39 is 0 Å². The first-order chi connectivity index (χ1) is 15.9. The van der Waals surface area contributed by atoms with E-state index in [0.29, 0.717) is 11.5 Å². The Hall–Kier alpha value is -2.93. The van der Waals surface area contributed by atoms with E-state index in [0.717, 1.165) is 50.5 Å². The van der Waals surface area contributed by atoms with Gasteiger partial charge < -0.3 is 24.4 Å². The average molecular weight is 456 g/mol. The Labute approximate surface area is 197 Å². The number of urea groups is 1. The highest BCUT2D eigenvalue weighted by Crippen LogP contribution is 2.31. The summed E-state index contributed by atoms with van der Waals surface area (Å²) in [5.41, 5.74) is 2.28. The average Bonchev–Trinajstić information content (AvgIpc) is 2.83. The molecule has 1 atom stereocenters. The Morgan fingerprint density at radius 2 is 1.64 bits per heavy atom. The lowest BCUT2D eigenvalue weighted by atomic mass is 10.1. The lowest BCUT2D eigenvalue weighted by Gasteiger charge is -2.35. The molecule has 1 aliphatic heterocycles. The summed E-state index contributed by atoms with van der Waals surface area (Å²) in [6.07, 6.45) is 1.06. The third kappa shape index (κ3) is 7.02. The van der Waals surface area contributed by atoms with Gasteiger partial charge in [-0.2, -0.15) is 0 Å². The van der Waals surface area contributed by atoms with Crippen LogP contribution in [-0.4, -0.2) is 68.9 Å². The molecule has 2 aromatic carbocycles. The molecule has 0 aromatic heterocycles. The van der Waals surface area contributed by atoms with Crippen LogP contribution in [0, 0.1) is 0 Å². The Kier molecular flexibility index (Phi) is 8.83. The van der Waals surface area contributed by atoms with Crippen molar-refractivity contribution >= 4 is 6.03 Å². The molecule has 2 aromatic rings. The molecule has 0 spiro atoms. The summed E-state index contributed by atoms with van der Waals surface area (Å²) in [6.45, 7) is 10.2. The highest BCUT2D eigenvalue weighted by atomic mass is 16.5. The van der Waals surface area contributed by atoms with E-state index in [4.69, 9.17) is 14.2 Å². The van der Waals surface area contributed by atoms with Crippen LogP contribution in [0.4, 0.5) is 4.79 Å². The van der Waals surface area contributed by atoms with Crippen LogP contribution in [-0.2, 0) is 6.42 Å². The second-order valence-electron chi connectivity index (χ2n) is 8.67. The molecule has 1 saturated heterocycles. The largest absolute Gasteiger partial charge is 0.497 e. The zero-order chi connectivity index (χ0) is 23.8. The molecule has 0 radical (unpaired) electrons. The molecule has 3 rings (SSSR count). The minimum absolute atomic E-state index is 0.0289. The van der Waals surface area contributed by atoms with E-state index in [-0.39, 0.29) is 18.2 Å². The minimum Gasteiger partial charge on any atom is -0.497 e. The summed E-state index contributed by atoms with van der Waals surface area (Å²) in [5, 5.41) is 3.12. The molecule has 1 N–H and O–H groups in total. The van der Waals surface area contributed by atoms with Gasteiger partial charge in [0.2, 0.25) is 0 Å². The third-order valence-corrected chi connectivity index (χ3v) is 5.93. The topological polar surface area (TPSA) is 63.3 Å². The quantitative estimate of drug-likeness (QED) is 0.616. The van der Waals surface area contributed by atoms with Gasteiger partial charge >= 0.3 is 6.03 Å². The SMILES string of the molecule is COc1ccc(CCN2CCN(C(=O)NC(C)c3ccc(OC(C)C)c(OC)c3)CC2)cc1. The van der Waals surface area contributed by atoms with Crippen molar-refractivity contribution in [2.24, 2.45) is 0 Å². The van der Waals surface area contributed by atoms with E-state index in [1.54, 1.807) is 14.2 Å². The van der Waals surface area contributed by atoms with Crippen molar-refractivity contribution in [3.63, 3.8) is 0 Å². The van der Waals surface area contributed by atoms with Crippen LogP contribution < -0.4 is 19.5 Å². The molecule has 1 fully saturated rings. The van der Waals surface area contributed by atoms with Gasteiger partial charge in [-0.15, -0.1) is 0 Å². The number of piperazine rings is 1. The minimum atomic E-state index is -0.132. The van der Waals surface area contributed by atoms with Crippen LogP contribution in [0.5, 0.6) is 17.2 Å². The molecule has 0 aliphatic carbocycles. The summed E-state index contributed by atoms with van der Waals surface area (Å²) in [4.78, 5) is 17.1. The van der Waals surface area contributed by atoms with Crippen LogP contribution in [0.3, 0.4) is 0 Å². The third-order valence-electron chi connectivity index (χ3n) is 5.93. The van der Waals surface area contributed by atoms with Crippen LogP contribution in [0.15, 0.2) is 42.5 Å². The molecule has 33 heavy (non-hydrogen) atoms. The first-order valence-corrected chi connectivity index (χ1v) is 11.6. The zero-order valence-electron chi connectivity index (χ0n) is 20.5. The molecule has 1 aliphatic rings. The van der Waals surface area contributed by atoms with Gasteiger partial charge in [0.05, 0.1) is 26.4 Å². The van der Waals surface area contributed by atoms with Gasteiger partial charge in [-0.3, -0.25) is 4.90 Å². The van der Waals surface area contributed by atoms with Crippen LogP contribution in [0.1, 0.15) is 37.9 Å². The summed E-state index contributed by atoms with van der Waals surface area (Å²) < 4.78 is 16.5. The number of benzene rings is 2. The maximum absolute atomic E-state index is 12.8. The summed E-state index contributed by atoms with van der Waals surface area (Å²) in [5.74, 6) is 2.26. The Bertz CT molecular complexity index is 893. The maximum atomic E-state index is 12.8. The first kappa shape index (κ1) is 24.7. The molecular formula is C26H37N3O4. The van der Waals surface area contributed by atoms with Crippen LogP contribution in [0.25, 0.3) is 0 Å². The molecule has 2 amide bonds. The van der Waals surface area contributed by atoms with E-state index in [9.17, 15) is 4.79 Å². The molecular weight excluding hydrogens is 418 g/mol. The Balaban J connectivity index is 1.46. The van der Waals surface area contributed by atoms with Gasteiger partial charge in [0, 0.05) is 32.7 Å². The number of carbonyl (C=O) groups excluding carboxylic acids is 1. The number of amides is 2. The van der Waals surface area contributed by atoms with Gasteiger partial charge in [0.1, 0.15) is 5.75 Å². The van der Waals surface area contributed by atoms with Crippen molar-refractivity contribution in [2.75, 3.05) is 46.9 Å². The second-order valence-corrected chi connectivity index (χ2v) is 8.67. The summed E-state index contributed by atoms with van der Waals surface area (Å²) in [7, 11) is 3.31. The highest BCUT2D eigenvalue weighted by molar-refractivity contribution is 5.75. The fourth-order valence-corrected chi connectivity index (χ4v) is 3.92. The van der Waals surface area contributed by atoms with Crippen LogP contribution >= 0.6 is 0 Å². The molecule has 1 heterocycles. The van der Waals surface area contributed by atoms with Gasteiger partial charge in [0.25, 0.3) is 0 Å². The molecule has 1 unspecified atom stereocenters. The molecule has 180 valence electrons. The van der Waals surface area contributed by atoms with E-state index in [1.165, 1.54) is 5.56 Å². The highest BCUT2D eigenvalue weighted by Gasteiger charge is 2.22. The van der Waals surface area contributed by atoms with Gasteiger partial charge in [-0.05, 0) is 62.6 Å². The number of rotatable bonds is 9. The zero-order valence-corrected chi connectivity index (χ0v) is 20.5. The van der Waals surface area contributed by atoms with Crippen molar-refractivity contribution in [3.8, 4) is 17.2 Å². The van der Waals surface area contributed by atoms with Crippen molar-refractivity contribution in [1.29, 1.82) is 0 Å². The fourth-order valence-electron chi connectivity index (χ4n) is 3.92. The molecule has 7 heteroatoms. The summed E-state index contributed by atoms with van der Waals surface area (Å²) in [6, 6.07) is 13.9. The van der Waals surface area contributed by atoms with Crippen molar-refractivity contribution in [2.45, 2.75) is 39.3 Å². The number of ether oxygens (including phenoxy) is 3. The molecule has 0 saturated carbocycles. The van der Waals surface area contributed by atoms with E-state index in [2.05, 4.69) is 22.3 Å². The first-order valence-electron chi connectivity index (χ1n) is 11.6. The maximum Gasteiger partial charge on any atom is 0.317 e. The number of hydrogen-bond acceptors (Lipinski definition) is 5. The number of methoxy groups -OCH3 is 2. The van der Waals surface area contributed by atoms with Crippen molar-refractivity contribution in [1.82, 2.24) is 15.1 Å². The predicted octanol–water partition coefficient (Wildman–Crippen LogP) is 4.12. The van der Waals surface area contributed by atoms with Gasteiger partial charge in [-0.25, -0.2) is 4.79 Å². The predicted molar refractivity (Wildman–Crippen MR) is 130 cm³/mol. The molecule has 0 bridgehead atoms.